The Labute approximate surface area is 160 Å². The van der Waals surface area contributed by atoms with Crippen molar-refractivity contribution in [3.63, 3.8) is 0 Å². The number of nitrogens with zero attached hydrogens (tertiary/aromatic N) is 1. The summed E-state index contributed by atoms with van der Waals surface area (Å²) < 4.78 is 13.6. The zero-order valence-electron chi connectivity index (χ0n) is 14.7. The van der Waals surface area contributed by atoms with E-state index in [0.717, 1.165) is 4.90 Å². The van der Waals surface area contributed by atoms with Crippen molar-refractivity contribution in [2.75, 3.05) is 11.9 Å². The van der Waals surface area contributed by atoms with Crippen LogP contribution < -0.4 is 10.6 Å². The Balaban J connectivity index is 1.76. The summed E-state index contributed by atoms with van der Waals surface area (Å²) in [6.45, 7) is 2.63. The number of aryl methyl sites for hydroxylation is 1. The van der Waals surface area contributed by atoms with Gasteiger partial charge >= 0.3 is 6.03 Å². The standard InChI is InChI=1S/C19H17ClFN3O3/c1-11-7-8-12(9-15(11)21)22-16(25)10-24-17(26)19(2,23-18(24)27)13-5-3-4-6-14(13)20/h3-9H,10H2,1-2H3,(H,22,25)(H,23,27). The summed E-state index contributed by atoms with van der Waals surface area (Å²) >= 11 is 6.16. The van der Waals surface area contributed by atoms with E-state index >= 15 is 0 Å². The molecule has 1 aliphatic rings. The fraction of sp³-hybridized carbons (Fsp3) is 0.211. The summed E-state index contributed by atoms with van der Waals surface area (Å²) in [4.78, 5) is 38.1. The minimum atomic E-state index is -1.37. The lowest BCUT2D eigenvalue weighted by molar-refractivity contribution is -0.133. The number of carbonyl (C=O) groups is 3. The van der Waals surface area contributed by atoms with Crippen LogP contribution in [-0.2, 0) is 15.1 Å². The molecule has 1 unspecified atom stereocenters. The molecule has 0 aliphatic carbocycles. The zero-order chi connectivity index (χ0) is 19.8. The molecule has 1 atom stereocenters. The highest BCUT2D eigenvalue weighted by Crippen LogP contribution is 2.33. The van der Waals surface area contributed by atoms with Gasteiger partial charge in [0.15, 0.2) is 0 Å². The second kappa shape index (κ2) is 7.00. The van der Waals surface area contributed by atoms with Gasteiger partial charge in [-0.25, -0.2) is 9.18 Å². The molecule has 4 amide bonds. The Kier molecular flexibility index (Phi) is 4.89. The molecule has 2 aromatic rings. The Morgan fingerprint density at radius 1 is 1.26 bits per heavy atom. The minimum Gasteiger partial charge on any atom is -0.324 e. The molecule has 1 aliphatic heterocycles. The second-order valence-corrected chi connectivity index (χ2v) is 6.85. The van der Waals surface area contributed by atoms with Crippen LogP contribution in [0.25, 0.3) is 0 Å². The monoisotopic (exact) mass is 389 g/mol. The van der Waals surface area contributed by atoms with Crippen molar-refractivity contribution >= 4 is 35.1 Å². The van der Waals surface area contributed by atoms with Crippen molar-refractivity contribution in [2.24, 2.45) is 0 Å². The molecular formula is C19H17ClFN3O3. The van der Waals surface area contributed by atoms with Crippen LogP contribution in [0.4, 0.5) is 14.9 Å². The third-order valence-electron chi connectivity index (χ3n) is 4.44. The second-order valence-electron chi connectivity index (χ2n) is 6.44. The van der Waals surface area contributed by atoms with E-state index in [0.29, 0.717) is 16.1 Å². The molecule has 8 heteroatoms. The van der Waals surface area contributed by atoms with Gasteiger partial charge < -0.3 is 10.6 Å². The van der Waals surface area contributed by atoms with Crippen LogP contribution in [0.5, 0.6) is 0 Å². The predicted octanol–water partition coefficient (Wildman–Crippen LogP) is 3.19. The number of anilines is 1. The lowest BCUT2D eigenvalue weighted by Crippen LogP contribution is -2.42. The van der Waals surface area contributed by atoms with E-state index in [4.69, 9.17) is 11.6 Å². The van der Waals surface area contributed by atoms with Gasteiger partial charge in [0.25, 0.3) is 5.91 Å². The first-order chi connectivity index (χ1) is 12.7. The molecule has 2 N–H and O–H groups in total. The van der Waals surface area contributed by atoms with Gasteiger partial charge in [0.05, 0.1) is 0 Å². The first kappa shape index (κ1) is 18.8. The van der Waals surface area contributed by atoms with Crippen LogP contribution >= 0.6 is 11.6 Å². The van der Waals surface area contributed by atoms with Crippen molar-refractivity contribution in [2.45, 2.75) is 19.4 Å². The summed E-state index contributed by atoms with van der Waals surface area (Å²) in [5.74, 6) is -1.68. The maximum absolute atomic E-state index is 13.6. The van der Waals surface area contributed by atoms with Crippen LogP contribution in [0.2, 0.25) is 5.02 Å². The molecule has 140 valence electrons. The normalized spacial score (nSPS) is 19.2. The number of halogens is 2. The number of benzene rings is 2. The quantitative estimate of drug-likeness (QED) is 0.788. The predicted molar refractivity (Wildman–Crippen MR) is 98.8 cm³/mol. The summed E-state index contributed by atoms with van der Waals surface area (Å²) in [5, 5.41) is 5.39. The third-order valence-corrected chi connectivity index (χ3v) is 4.77. The first-order valence-corrected chi connectivity index (χ1v) is 8.55. The van der Waals surface area contributed by atoms with Gasteiger partial charge in [-0.05, 0) is 37.6 Å². The van der Waals surface area contributed by atoms with E-state index in [1.807, 2.05) is 0 Å². The SMILES string of the molecule is Cc1ccc(NC(=O)CN2C(=O)NC(C)(c3ccccc3Cl)C2=O)cc1F. The van der Waals surface area contributed by atoms with E-state index in [9.17, 15) is 18.8 Å². The minimum absolute atomic E-state index is 0.240. The molecular weight excluding hydrogens is 373 g/mol. The number of amides is 4. The van der Waals surface area contributed by atoms with E-state index in [1.54, 1.807) is 31.2 Å². The van der Waals surface area contributed by atoms with Crippen molar-refractivity contribution < 1.29 is 18.8 Å². The Bertz CT molecular complexity index is 950. The zero-order valence-corrected chi connectivity index (χ0v) is 15.4. The van der Waals surface area contributed by atoms with E-state index in [1.165, 1.54) is 25.1 Å². The van der Waals surface area contributed by atoms with Crippen molar-refractivity contribution in [1.29, 1.82) is 0 Å². The number of hydrogen-bond acceptors (Lipinski definition) is 3. The number of nitrogens with one attached hydrogen (secondary N) is 2. The van der Waals surface area contributed by atoms with Crippen LogP contribution in [0.3, 0.4) is 0 Å². The fourth-order valence-corrected chi connectivity index (χ4v) is 3.23. The number of imide groups is 1. The molecule has 0 spiro atoms. The molecule has 0 saturated carbocycles. The first-order valence-electron chi connectivity index (χ1n) is 8.17. The summed E-state index contributed by atoms with van der Waals surface area (Å²) in [6.07, 6.45) is 0. The Hall–Kier alpha value is -2.93. The van der Waals surface area contributed by atoms with Gasteiger partial charge in [0, 0.05) is 16.3 Å². The van der Waals surface area contributed by atoms with Gasteiger partial charge in [-0.1, -0.05) is 35.9 Å². The molecule has 1 heterocycles. The number of hydrogen-bond donors (Lipinski definition) is 2. The van der Waals surface area contributed by atoms with Crippen LogP contribution in [0.15, 0.2) is 42.5 Å². The Morgan fingerprint density at radius 2 is 1.96 bits per heavy atom. The van der Waals surface area contributed by atoms with E-state index in [-0.39, 0.29) is 5.69 Å². The Morgan fingerprint density at radius 3 is 2.63 bits per heavy atom. The molecule has 1 saturated heterocycles. The average molecular weight is 390 g/mol. The van der Waals surface area contributed by atoms with Crippen LogP contribution in [0.1, 0.15) is 18.1 Å². The highest BCUT2D eigenvalue weighted by molar-refractivity contribution is 6.32. The van der Waals surface area contributed by atoms with Gasteiger partial charge in [-0.15, -0.1) is 0 Å². The smallest absolute Gasteiger partial charge is 0.324 e. The maximum atomic E-state index is 13.6. The largest absolute Gasteiger partial charge is 0.325 e. The molecule has 0 aromatic heterocycles. The van der Waals surface area contributed by atoms with Gasteiger partial charge in [0.1, 0.15) is 17.9 Å². The fourth-order valence-electron chi connectivity index (χ4n) is 2.90. The molecule has 3 rings (SSSR count). The lowest BCUT2D eigenvalue weighted by atomic mass is 9.92. The molecule has 27 heavy (non-hydrogen) atoms. The van der Waals surface area contributed by atoms with Crippen molar-refractivity contribution in [3.05, 3.63) is 64.4 Å². The van der Waals surface area contributed by atoms with Crippen molar-refractivity contribution in [1.82, 2.24) is 10.2 Å². The van der Waals surface area contributed by atoms with E-state index < -0.39 is 35.7 Å². The molecule has 1 fully saturated rings. The summed E-state index contributed by atoms with van der Waals surface area (Å²) in [6, 6.07) is 10.2. The lowest BCUT2D eigenvalue weighted by Gasteiger charge is -2.23. The highest BCUT2D eigenvalue weighted by atomic mass is 35.5. The molecule has 6 nitrogen and oxygen atoms in total. The molecule has 0 radical (unpaired) electrons. The average Bonchev–Trinajstić information content (AvgIpc) is 2.82. The van der Waals surface area contributed by atoms with Gasteiger partial charge in [-0.2, -0.15) is 0 Å². The van der Waals surface area contributed by atoms with Crippen LogP contribution in [0, 0.1) is 12.7 Å². The van der Waals surface area contributed by atoms with Gasteiger partial charge in [-0.3, -0.25) is 14.5 Å². The number of rotatable bonds is 4. The van der Waals surface area contributed by atoms with Crippen molar-refractivity contribution in [3.8, 4) is 0 Å². The van der Waals surface area contributed by atoms with Gasteiger partial charge in [0.2, 0.25) is 5.91 Å². The third kappa shape index (κ3) is 3.50. The number of urea groups is 1. The van der Waals surface area contributed by atoms with Crippen LogP contribution in [-0.4, -0.2) is 29.3 Å². The number of carbonyl (C=O) groups excluding carboxylic acids is 3. The summed E-state index contributed by atoms with van der Waals surface area (Å²) in [7, 11) is 0. The summed E-state index contributed by atoms with van der Waals surface area (Å²) in [5.41, 5.74) is -0.249. The van der Waals surface area contributed by atoms with E-state index in [2.05, 4.69) is 10.6 Å². The molecule has 2 aromatic carbocycles. The topological polar surface area (TPSA) is 78.5 Å². The highest BCUT2D eigenvalue weighted by Gasteiger charge is 2.50. The molecule has 0 bridgehead atoms. The maximum Gasteiger partial charge on any atom is 0.325 e.